The van der Waals surface area contributed by atoms with E-state index < -0.39 is 46.8 Å². The summed E-state index contributed by atoms with van der Waals surface area (Å²) in [6, 6.07) is 5.74. The van der Waals surface area contributed by atoms with E-state index in [2.05, 4.69) is 15.3 Å². The molecule has 1 fully saturated rings. The number of aliphatic hydroxyl groups is 1. The number of nitrogens with one attached hydrogen (secondary N) is 1. The van der Waals surface area contributed by atoms with Gasteiger partial charge in [0.15, 0.2) is 0 Å². The van der Waals surface area contributed by atoms with Gasteiger partial charge < -0.3 is 16.2 Å². The quantitative estimate of drug-likeness (QED) is 0.492. The average molecular weight is 485 g/mol. The van der Waals surface area contributed by atoms with E-state index >= 15 is 0 Å². The van der Waals surface area contributed by atoms with Crippen molar-refractivity contribution in [3.05, 3.63) is 77.0 Å². The number of aryl methyl sites for hydroxylation is 1. The Hall–Kier alpha value is -3.30. The molecule has 4 atom stereocenters. The van der Waals surface area contributed by atoms with Crippen LogP contribution in [0.2, 0.25) is 0 Å². The van der Waals surface area contributed by atoms with E-state index in [4.69, 9.17) is 5.73 Å². The number of aliphatic hydroxyl groups excluding tert-OH is 1. The SMILES string of the molecule is CCc1cc(F)c(-c2nc(C(=O)Nc3cnccc3[C@H]3C[C@@H](N)[C@H](O)[C@@H](C)C3)ccc2F)c(F)c1. The van der Waals surface area contributed by atoms with Gasteiger partial charge in [-0.3, -0.25) is 9.78 Å². The molecule has 4 N–H and O–H groups in total. The number of benzene rings is 1. The van der Waals surface area contributed by atoms with Crippen molar-refractivity contribution in [1.82, 2.24) is 9.97 Å². The Morgan fingerprint density at radius 1 is 1.14 bits per heavy atom. The molecule has 9 heteroatoms. The smallest absolute Gasteiger partial charge is 0.274 e. The Kier molecular flexibility index (Phi) is 7.18. The van der Waals surface area contributed by atoms with Crippen molar-refractivity contribution in [3.8, 4) is 11.3 Å². The van der Waals surface area contributed by atoms with Gasteiger partial charge in [-0.15, -0.1) is 0 Å². The number of amides is 1. The molecule has 6 nitrogen and oxygen atoms in total. The fourth-order valence-electron chi connectivity index (χ4n) is 4.68. The topological polar surface area (TPSA) is 101 Å². The highest BCUT2D eigenvalue weighted by molar-refractivity contribution is 6.03. The lowest BCUT2D eigenvalue weighted by molar-refractivity contribution is 0.0521. The number of hydrogen-bond donors (Lipinski definition) is 3. The Balaban J connectivity index is 1.64. The molecule has 3 aromatic rings. The Morgan fingerprint density at radius 3 is 2.51 bits per heavy atom. The minimum absolute atomic E-state index is 0.0151. The molecule has 1 aromatic carbocycles. The van der Waals surface area contributed by atoms with E-state index in [9.17, 15) is 23.1 Å². The molecule has 1 saturated carbocycles. The van der Waals surface area contributed by atoms with E-state index in [1.165, 1.54) is 6.20 Å². The molecule has 0 radical (unpaired) electrons. The van der Waals surface area contributed by atoms with Crippen molar-refractivity contribution >= 4 is 11.6 Å². The molecular weight excluding hydrogens is 457 g/mol. The second-order valence-corrected chi connectivity index (χ2v) is 9.03. The van der Waals surface area contributed by atoms with Crippen molar-refractivity contribution in [1.29, 1.82) is 0 Å². The molecule has 0 saturated heterocycles. The second-order valence-electron chi connectivity index (χ2n) is 9.03. The predicted molar refractivity (Wildman–Crippen MR) is 126 cm³/mol. The summed E-state index contributed by atoms with van der Waals surface area (Å²) in [5, 5.41) is 12.9. The fourth-order valence-corrected chi connectivity index (χ4v) is 4.68. The van der Waals surface area contributed by atoms with Crippen LogP contribution in [0.4, 0.5) is 18.9 Å². The average Bonchev–Trinajstić information content (AvgIpc) is 2.83. The molecule has 0 bridgehead atoms. The third kappa shape index (κ3) is 5.06. The van der Waals surface area contributed by atoms with Crippen LogP contribution < -0.4 is 11.1 Å². The Morgan fingerprint density at radius 2 is 1.86 bits per heavy atom. The van der Waals surface area contributed by atoms with Crippen molar-refractivity contribution < 1.29 is 23.1 Å². The molecule has 184 valence electrons. The fraction of sp³-hybridized carbons (Fsp3) is 0.346. The first kappa shape index (κ1) is 24.8. The Bertz CT molecular complexity index is 1220. The molecule has 0 spiro atoms. The predicted octanol–water partition coefficient (Wildman–Crippen LogP) is 4.58. The van der Waals surface area contributed by atoms with Crippen LogP contribution in [0.1, 0.15) is 54.2 Å². The van der Waals surface area contributed by atoms with E-state index in [0.29, 0.717) is 30.5 Å². The van der Waals surface area contributed by atoms with Crippen LogP contribution in [0.25, 0.3) is 11.3 Å². The van der Waals surface area contributed by atoms with Gasteiger partial charge in [0.05, 0.1) is 23.6 Å². The van der Waals surface area contributed by atoms with E-state index in [0.717, 1.165) is 29.8 Å². The molecule has 1 aliphatic carbocycles. The van der Waals surface area contributed by atoms with Crippen LogP contribution in [-0.2, 0) is 6.42 Å². The number of rotatable bonds is 5. The first-order chi connectivity index (χ1) is 16.7. The summed E-state index contributed by atoms with van der Waals surface area (Å²) in [6.07, 6.45) is 4.11. The maximum Gasteiger partial charge on any atom is 0.274 e. The first-order valence-electron chi connectivity index (χ1n) is 11.5. The highest BCUT2D eigenvalue weighted by atomic mass is 19.1. The highest BCUT2D eigenvalue weighted by Crippen LogP contribution is 2.38. The summed E-state index contributed by atoms with van der Waals surface area (Å²) >= 11 is 0. The summed E-state index contributed by atoms with van der Waals surface area (Å²) in [7, 11) is 0. The monoisotopic (exact) mass is 484 g/mol. The minimum atomic E-state index is -0.953. The normalized spacial score (nSPS) is 22.1. The van der Waals surface area contributed by atoms with Crippen LogP contribution in [0.5, 0.6) is 0 Å². The van der Waals surface area contributed by atoms with Crippen LogP contribution in [0, 0.1) is 23.4 Å². The summed E-state index contributed by atoms with van der Waals surface area (Å²) < 4.78 is 43.7. The second kappa shape index (κ2) is 10.1. The van der Waals surface area contributed by atoms with Gasteiger partial charge in [-0.1, -0.05) is 13.8 Å². The molecular formula is C26H27F3N4O2. The van der Waals surface area contributed by atoms with Gasteiger partial charge >= 0.3 is 0 Å². The van der Waals surface area contributed by atoms with Gasteiger partial charge in [-0.2, -0.15) is 0 Å². The lowest BCUT2D eigenvalue weighted by Gasteiger charge is -2.36. The molecule has 2 heterocycles. The minimum Gasteiger partial charge on any atom is -0.391 e. The summed E-state index contributed by atoms with van der Waals surface area (Å²) in [4.78, 5) is 21.1. The third-order valence-corrected chi connectivity index (χ3v) is 6.60. The zero-order chi connectivity index (χ0) is 25.3. The van der Waals surface area contributed by atoms with Gasteiger partial charge in [0, 0.05) is 12.2 Å². The number of carbonyl (C=O) groups is 1. The van der Waals surface area contributed by atoms with Gasteiger partial charge in [-0.05, 0) is 72.6 Å². The number of nitrogens with two attached hydrogens (primary N) is 1. The van der Waals surface area contributed by atoms with E-state index in [1.54, 1.807) is 19.2 Å². The largest absolute Gasteiger partial charge is 0.391 e. The molecule has 0 aliphatic heterocycles. The van der Waals surface area contributed by atoms with Gasteiger partial charge in [0.25, 0.3) is 5.91 Å². The number of pyridine rings is 2. The van der Waals surface area contributed by atoms with Gasteiger partial charge in [0.1, 0.15) is 28.8 Å². The van der Waals surface area contributed by atoms with Crippen molar-refractivity contribution in [2.24, 2.45) is 11.7 Å². The molecule has 0 unspecified atom stereocenters. The lowest BCUT2D eigenvalue weighted by Crippen LogP contribution is -2.44. The summed E-state index contributed by atoms with van der Waals surface area (Å²) in [5.41, 5.74) is 6.34. The molecule has 35 heavy (non-hydrogen) atoms. The number of nitrogens with zero attached hydrogens (tertiary/aromatic N) is 2. The van der Waals surface area contributed by atoms with Crippen molar-refractivity contribution in [3.63, 3.8) is 0 Å². The third-order valence-electron chi connectivity index (χ3n) is 6.60. The zero-order valence-corrected chi connectivity index (χ0v) is 19.4. The lowest BCUT2D eigenvalue weighted by atomic mass is 9.74. The standard InChI is InChI=1S/C26H27F3N4O2/c1-3-14-9-18(28)23(19(29)10-14)24-17(27)4-5-21(32-24)26(35)33-22-12-31-7-6-16(22)15-8-13(2)25(34)20(30)11-15/h4-7,9-10,12-13,15,20,25,34H,3,8,11,30H2,1-2H3,(H,33,35)/t13-,15+,20+,25+/m0/s1. The molecule has 1 aliphatic rings. The maximum atomic E-state index is 14.6. The first-order valence-corrected chi connectivity index (χ1v) is 11.5. The van der Waals surface area contributed by atoms with Gasteiger partial charge in [0.2, 0.25) is 0 Å². The number of anilines is 1. The zero-order valence-electron chi connectivity index (χ0n) is 19.4. The number of aromatic nitrogens is 2. The number of carbonyl (C=O) groups excluding carboxylic acids is 1. The van der Waals surface area contributed by atoms with Crippen LogP contribution >= 0.6 is 0 Å². The number of hydrogen-bond acceptors (Lipinski definition) is 5. The summed E-state index contributed by atoms with van der Waals surface area (Å²) in [5.74, 6) is -3.57. The summed E-state index contributed by atoms with van der Waals surface area (Å²) in [6.45, 7) is 3.67. The van der Waals surface area contributed by atoms with Crippen LogP contribution in [0.15, 0.2) is 42.7 Å². The maximum absolute atomic E-state index is 14.6. The highest BCUT2D eigenvalue weighted by Gasteiger charge is 2.34. The molecule has 2 aromatic heterocycles. The van der Waals surface area contributed by atoms with E-state index in [-0.39, 0.29) is 17.5 Å². The van der Waals surface area contributed by atoms with Crippen molar-refractivity contribution in [2.75, 3.05) is 5.32 Å². The number of halogens is 3. The van der Waals surface area contributed by atoms with Crippen molar-refractivity contribution in [2.45, 2.75) is 51.2 Å². The molecule has 1 amide bonds. The Labute approximate surface area is 201 Å². The molecule has 4 rings (SSSR count). The van der Waals surface area contributed by atoms with Crippen LogP contribution in [-0.4, -0.2) is 33.1 Å². The van der Waals surface area contributed by atoms with E-state index in [1.807, 2.05) is 6.92 Å². The van der Waals surface area contributed by atoms with Crippen LogP contribution in [0.3, 0.4) is 0 Å². The van der Waals surface area contributed by atoms with Gasteiger partial charge in [-0.25, -0.2) is 18.2 Å².